The molecule has 0 aliphatic carbocycles. The standard InChI is InChI=1S/C28H32O3/c1-2-3-4-14-21-27(29)30-22-23-31-28(24-15-8-5-9-16-24,25-17-10-6-11-18-25)26-19-12-7-13-20-26/h5-13,15-20H,2-4,14,21-23H2,1H3. The van der Waals surface area contributed by atoms with Gasteiger partial charge < -0.3 is 9.47 Å². The first-order valence-corrected chi connectivity index (χ1v) is 11.2. The van der Waals surface area contributed by atoms with Crippen LogP contribution in [0, 0.1) is 0 Å². The predicted octanol–water partition coefficient (Wildman–Crippen LogP) is 6.51. The highest BCUT2D eigenvalue weighted by Gasteiger charge is 2.37. The summed E-state index contributed by atoms with van der Waals surface area (Å²) >= 11 is 0. The van der Waals surface area contributed by atoms with Crippen molar-refractivity contribution in [2.24, 2.45) is 0 Å². The van der Waals surface area contributed by atoms with E-state index in [2.05, 4.69) is 43.3 Å². The average molecular weight is 417 g/mol. The zero-order valence-corrected chi connectivity index (χ0v) is 18.3. The van der Waals surface area contributed by atoms with E-state index in [9.17, 15) is 4.79 Å². The minimum atomic E-state index is -0.780. The molecule has 0 aliphatic heterocycles. The Hall–Kier alpha value is -2.91. The van der Waals surface area contributed by atoms with Gasteiger partial charge in [0.05, 0.1) is 6.61 Å². The molecule has 162 valence electrons. The van der Waals surface area contributed by atoms with Crippen LogP contribution < -0.4 is 0 Å². The first-order valence-electron chi connectivity index (χ1n) is 11.2. The monoisotopic (exact) mass is 416 g/mol. The van der Waals surface area contributed by atoms with Crippen molar-refractivity contribution < 1.29 is 14.3 Å². The van der Waals surface area contributed by atoms with Crippen LogP contribution in [-0.4, -0.2) is 19.2 Å². The summed E-state index contributed by atoms with van der Waals surface area (Å²) in [6.07, 6.45) is 4.74. The van der Waals surface area contributed by atoms with E-state index in [-0.39, 0.29) is 12.6 Å². The summed E-state index contributed by atoms with van der Waals surface area (Å²) in [4.78, 5) is 12.1. The molecule has 3 nitrogen and oxygen atoms in total. The molecule has 31 heavy (non-hydrogen) atoms. The fourth-order valence-electron chi connectivity index (χ4n) is 3.89. The molecule has 0 aromatic heterocycles. The maximum absolute atomic E-state index is 12.1. The summed E-state index contributed by atoms with van der Waals surface area (Å²) in [5.74, 6) is -0.149. The lowest BCUT2D eigenvalue weighted by Crippen LogP contribution is -2.34. The number of hydrogen-bond acceptors (Lipinski definition) is 3. The second kappa shape index (κ2) is 12.1. The number of carbonyl (C=O) groups is 1. The number of rotatable bonds is 12. The lowest BCUT2D eigenvalue weighted by atomic mass is 9.80. The van der Waals surface area contributed by atoms with Crippen molar-refractivity contribution in [3.63, 3.8) is 0 Å². The van der Waals surface area contributed by atoms with Gasteiger partial charge in [0.2, 0.25) is 0 Å². The molecule has 0 unspecified atom stereocenters. The maximum atomic E-state index is 12.1. The van der Waals surface area contributed by atoms with Crippen LogP contribution in [-0.2, 0) is 19.9 Å². The molecule has 3 rings (SSSR count). The highest BCUT2D eigenvalue weighted by atomic mass is 16.6. The van der Waals surface area contributed by atoms with Gasteiger partial charge in [0.15, 0.2) is 0 Å². The van der Waals surface area contributed by atoms with E-state index in [4.69, 9.17) is 9.47 Å². The van der Waals surface area contributed by atoms with Gasteiger partial charge in [-0.05, 0) is 23.1 Å². The van der Waals surface area contributed by atoms with Crippen molar-refractivity contribution in [3.8, 4) is 0 Å². The van der Waals surface area contributed by atoms with Gasteiger partial charge in [-0.3, -0.25) is 4.79 Å². The van der Waals surface area contributed by atoms with Crippen molar-refractivity contribution in [1.29, 1.82) is 0 Å². The molecular formula is C28H32O3. The fourth-order valence-corrected chi connectivity index (χ4v) is 3.89. The molecule has 0 fully saturated rings. The molecule has 0 bridgehead atoms. The summed E-state index contributed by atoms with van der Waals surface area (Å²) in [5.41, 5.74) is 2.34. The van der Waals surface area contributed by atoms with Crippen molar-refractivity contribution in [3.05, 3.63) is 108 Å². The lowest BCUT2D eigenvalue weighted by molar-refractivity contribution is -0.146. The number of esters is 1. The molecule has 0 amide bonds. The van der Waals surface area contributed by atoms with E-state index in [0.717, 1.165) is 42.4 Å². The molecule has 0 N–H and O–H groups in total. The van der Waals surface area contributed by atoms with Gasteiger partial charge >= 0.3 is 5.97 Å². The average Bonchev–Trinajstić information content (AvgIpc) is 2.84. The minimum Gasteiger partial charge on any atom is -0.463 e. The summed E-state index contributed by atoms with van der Waals surface area (Å²) < 4.78 is 12.1. The molecule has 0 atom stereocenters. The van der Waals surface area contributed by atoms with Crippen LogP contribution in [0.25, 0.3) is 0 Å². The Morgan fingerprint density at radius 1 is 0.677 bits per heavy atom. The summed E-state index contributed by atoms with van der Waals surface area (Å²) in [6.45, 7) is 2.70. The molecule has 3 aromatic carbocycles. The van der Waals surface area contributed by atoms with E-state index in [0.29, 0.717) is 13.0 Å². The van der Waals surface area contributed by atoms with Gasteiger partial charge in [0, 0.05) is 6.42 Å². The summed E-state index contributed by atoms with van der Waals surface area (Å²) in [6, 6.07) is 30.7. The van der Waals surface area contributed by atoms with E-state index < -0.39 is 5.60 Å². The second-order valence-electron chi connectivity index (χ2n) is 7.66. The third kappa shape index (κ3) is 6.05. The molecule has 0 saturated carbocycles. The number of benzene rings is 3. The third-order valence-electron chi connectivity index (χ3n) is 5.44. The molecule has 0 aliphatic rings. The Morgan fingerprint density at radius 3 is 1.61 bits per heavy atom. The summed E-state index contributed by atoms with van der Waals surface area (Å²) in [7, 11) is 0. The van der Waals surface area contributed by atoms with Crippen molar-refractivity contribution in [2.75, 3.05) is 13.2 Å². The zero-order chi connectivity index (χ0) is 21.8. The first kappa shape index (κ1) is 22.8. The zero-order valence-electron chi connectivity index (χ0n) is 18.3. The molecule has 0 spiro atoms. The summed E-state index contributed by atoms with van der Waals surface area (Å²) in [5, 5.41) is 0. The van der Waals surface area contributed by atoms with Crippen LogP contribution in [0.4, 0.5) is 0 Å². The van der Waals surface area contributed by atoms with Crippen molar-refractivity contribution in [1.82, 2.24) is 0 Å². The molecule has 3 aromatic rings. The molecular weight excluding hydrogens is 384 g/mol. The van der Waals surface area contributed by atoms with E-state index >= 15 is 0 Å². The van der Waals surface area contributed by atoms with Crippen LogP contribution in [0.5, 0.6) is 0 Å². The number of hydrogen-bond donors (Lipinski definition) is 0. The van der Waals surface area contributed by atoms with Crippen molar-refractivity contribution >= 4 is 5.97 Å². The topological polar surface area (TPSA) is 35.5 Å². The largest absolute Gasteiger partial charge is 0.463 e. The molecule has 0 heterocycles. The third-order valence-corrected chi connectivity index (χ3v) is 5.44. The van der Waals surface area contributed by atoms with Crippen LogP contribution in [0.1, 0.15) is 55.7 Å². The highest BCUT2D eigenvalue weighted by molar-refractivity contribution is 5.69. The Bertz CT molecular complexity index is 795. The second-order valence-corrected chi connectivity index (χ2v) is 7.66. The molecule has 0 radical (unpaired) electrons. The van der Waals surface area contributed by atoms with Gasteiger partial charge in [0.25, 0.3) is 0 Å². The van der Waals surface area contributed by atoms with Crippen molar-refractivity contribution in [2.45, 2.75) is 44.6 Å². The van der Waals surface area contributed by atoms with Crippen LogP contribution >= 0.6 is 0 Å². The predicted molar refractivity (Wildman–Crippen MR) is 125 cm³/mol. The van der Waals surface area contributed by atoms with Gasteiger partial charge in [0.1, 0.15) is 12.2 Å². The smallest absolute Gasteiger partial charge is 0.305 e. The fraction of sp³-hybridized carbons (Fsp3) is 0.321. The van der Waals surface area contributed by atoms with E-state index in [1.54, 1.807) is 0 Å². The minimum absolute atomic E-state index is 0.149. The Labute approximate surface area is 186 Å². The number of ether oxygens (including phenoxy) is 2. The van der Waals surface area contributed by atoms with E-state index in [1.807, 2.05) is 54.6 Å². The maximum Gasteiger partial charge on any atom is 0.305 e. The van der Waals surface area contributed by atoms with Gasteiger partial charge in [-0.15, -0.1) is 0 Å². The normalized spacial score (nSPS) is 11.3. The molecule has 3 heteroatoms. The van der Waals surface area contributed by atoms with Crippen LogP contribution in [0.15, 0.2) is 91.0 Å². The van der Waals surface area contributed by atoms with Crippen LogP contribution in [0.2, 0.25) is 0 Å². The number of unbranched alkanes of at least 4 members (excludes halogenated alkanes) is 3. The van der Waals surface area contributed by atoms with Crippen LogP contribution in [0.3, 0.4) is 0 Å². The van der Waals surface area contributed by atoms with Gasteiger partial charge in [-0.2, -0.15) is 0 Å². The molecule has 0 saturated heterocycles. The first-order chi connectivity index (χ1) is 15.3. The quantitative estimate of drug-likeness (QED) is 0.192. The number of carbonyl (C=O) groups excluding carboxylic acids is 1. The SMILES string of the molecule is CCCCCCC(=O)OCCOC(c1ccccc1)(c1ccccc1)c1ccccc1. The van der Waals surface area contributed by atoms with Gasteiger partial charge in [-0.25, -0.2) is 0 Å². The Kier molecular flexibility index (Phi) is 8.86. The Morgan fingerprint density at radius 2 is 1.16 bits per heavy atom. The van der Waals surface area contributed by atoms with E-state index in [1.165, 1.54) is 0 Å². The van der Waals surface area contributed by atoms with Gasteiger partial charge in [-0.1, -0.05) is 117 Å². The Balaban J connectivity index is 1.79. The highest BCUT2D eigenvalue weighted by Crippen LogP contribution is 2.40. The lowest BCUT2D eigenvalue weighted by Gasteiger charge is -2.35.